The van der Waals surface area contributed by atoms with Gasteiger partial charge in [-0.05, 0) is 55.3 Å². The number of hydrogen-bond donors (Lipinski definition) is 1. The number of benzene rings is 2. The number of nitrogen functional groups attached to an aromatic ring is 1. The number of anilines is 1. The van der Waals surface area contributed by atoms with E-state index in [0.717, 1.165) is 21.2 Å². The zero-order valence-electron chi connectivity index (χ0n) is 9.83. The van der Waals surface area contributed by atoms with Crippen LogP contribution in [0.5, 0.6) is 0 Å². The van der Waals surface area contributed by atoms with E-state index in [1.54, 1.807) is 11.8 Å². The van der Waals surface area contributed by atoms with Crippen molar-refractivity contribution in [3.63, 3.8) is 0 Å². The van der Waals surface area contributed by atoms with E-state index in [9.17, 15) is 0 Å². The molecule has 0 aromatic heterocycles. The standard InChI is InChI=1S/C14H14ClNS/c1-9-3-5-12(8-13(9)15)17-14-6-4-11(16)7-10(14)2/h3-8H,16H2,1-2H3. The Hall–Kier alpha value is -1.12. The molecule has 2 aromatic rings. The largest absolute Gasteiger partial charge is 0.399 e. The normalized spacial score (nSPS) is 10.5. The minimum absolute atomic E-state index is 0.800. The van der Waals surface area contributed by atoms with Crippen molar-refractivity contribution in [2.75, 3.05) is 5.73 Å². The maximum atomic E-state index is 6.11. The molecule has 0 aliphatic rings. The van der Waals surface area contributed by atoms with Gasteiger partial charge in [0.1, 0.15) is 0 Å². The highest BCUT2D eigenvalue weighted by atomic mass is 35.5. The predicted octanol–water partition coefficient (Wildman–Crippen LogP) is 4.69. The first-order chi connectivity index (χ1) is 8.06. The van der Waals surface area contributed by atoms with Gasteiger partial charge in [0.05, 0.1) is 0 Å². The Morgan fingerprint density at radius 2 is 1.76 bits per heavy atom. The molecule has 0 radical (unpaired) electrons. The smallest absolute Gasteiger partial charge is 0.0446 e. The number of rotatable bonds is 2. The zero-order valence-corrected chi connectivity index (χ0v) is 11.4. The van der Waals surface area contributed by atoms with E-state index in [1.165, 1.54) is 10.5 Å². The maximum absolute atomic E-state index is 6.11. The third-order valence-electron chi connectivity index (χ3n) is 2.57. The monoisotopic (exact) mass is 263 g/mol. The van der Waals surface area contributed by atoms with Gasteiger partial charge in [-0.1, -0.05) is 29.4 Å². The fourth-order valence-electron chi connectivity index (χ4n) is 1.55. The molecule has 88 valence electrons. The van der Waals surface area contributed by atoms with Crippen molar-refractivity contribution in [2.45, 2.75) is 23.6 Å². The number of nitrogens with two attached hydrogens (primary N) is 1. The Labute approximate surface area is 111 Å². The molecule has 0 aliphatic carbocycles. The average molecular weight is 264 g/mol. The van der Waals surface area contributed by atoms with E-state index in [1.807, 2.05) is 37.3 Å². The second-order valence-corrected chi connectivity index (χ2v) is 5.56. The second-order valence-electron chi connectivity index (χ2n) is 4.04. The summed E-state index contributed by atoms with van der Waals surface area (Å²) in [7, 11) is 0. The topological polar surface area (TPSA) is 26.0 Å². The molecular formula is C14H14ClNS. The van der Waals surface area contributed by atoms with Gasteiger partial charge in [-0.2, -0.15) is 0 Å². The summed E-state index contributed by atoms with van der Waals surface area (Å²) in [5, 5.41) is 0.808. The van der Waals surface area contributed by atoms with Crippen molar-refractivity contribution in [2.24, 2.45) is 0 Å². The van der Waals surface area contributed by atoms with Gasteiger partial charge in [0, 0.05) is 20.5 Å². The van der Waals surface area contributed by atoms with Gasteiger partial charge >= 0.3 is 0 Å². The second kappa shape index (κ2) is 5.03. The molecule has 0 heterocycles. The van der Waals surface area contributed by atoms with Crippen molar-refractivity contribution in [1.29, 1.82) is 0 Å². The van der Waals surface area contributed by atoms with Crippen LogP contribution in [0.15, 0.2) is 46.2 Å². The van der Waals surface area contributed by atoms with Crippen LogP contribution >= 0.6 is 23.4 Å². The molecule has 0 atom stereocenters. The zero-order chi connectivity index (χ0) is 12.4. The van der Waals surface area contributed by atoms with Crippen LogP contribution in [0.1, 0.15) is 11.1 Å². The summed E-state index contributed by atoms with van der Waals surface area (Å²) in [5.74, 6) is 0. The van der Waals surface area contributed by atoms with Crippen LogP contribution in [-0.2, 0) is 0 Å². The Balaban J connectivity index is 2.28. The molecule has 0 spiro atoms. The quantitative estimate of drug-likeness (QED) is 0.796. The van der Waals surface area contributed by atoms with E-state index in [2.05, 4.69) is 13.0 Å². The lowest BCUT2D eigenvalue weighted by molar-refractivity contribution is 1.29. The Morgan fingerprint density at radius 1 is 1.00 bits per heavy atom. The molecule has 0 fully saturated rings. The molecule has 1 nitrogen and oxygen atoms in total. The number of aryl methyl sites for hydroxylation is 2. The first-order valence-corrected chi connectivity index (χ1v) is 6.56. The van der Waals surface area contributed by atoms with Gasteiger partial charge in [-0.3, -0.25) is 0 Å². The first-order valence-electron chi connectivity index (χ1n) is 5.36. The van der Waals surface area contributed by atoms with Crippen LogP contribution in [0.3, 0.4) is 0 Å². The minimum atomic E-state index is 0.800. The van der Waals surface area contributed by atoms with E-state index in [4.69, 9.17) is 17.3 Å². The third kappa shape index (κ3) is 2.96. The molecule has 17 heavy (non-hydrogen) atoms. The van der Waals surface area contributed by atoms with Gasteiger partial charge in [-0.15, -0.1) is 0 Å². The lowest BCUT2D eigenvalue weighted by Gasteiger charge is -2.07. The van der Waals surface area contributed by atoms with Crippen molar-refractivity contribution < 1.29 is 0 Å². The molecule has 0 unspecified atom stereocenters. The van der Waals surface area contributed by atoms with Crippen molar-refractivity contribution >= 4 is 29.1 Å². The highest BCUT2D eigenvalue weighted by Gasteiger charge is 2.03. The van der Waals surface area contributed by atoms with Crippen LogP contribution in [0.25, 0.3) is 0 Å². The summed E-state index contributed by atoms with van der Waals surface area (Å²) in [6.07, 6.45) is 0. The molecule has 0 saturated heterocycles. The highest BCUT2D eigenvalue weighted by molar-refractivity contribution is 7.99. The van der Waals surface area contributed by atoms with Crippen molar-refractivity contribution in [1.82, 2.24) is 0 Å². The summed E-state index contributed by atoms with van der Waals surface area (Å²) in [4.78, 5) is 2.35. The fraction of sp³-hybridized carbons (Fsp3) is 0.143. The molecule has 0 aliphatic heterocycles. The predicted molar refractivity (Wildman–Crippen MR) is 75.9 cm³/mol. The summed E-state index contributed by atoms with van der Waals surface area (Å²) < 4.78 is 0. The first kappa shape index (κ1) is 12.3. The van der Waals surface area contributed by atoms with E-state index in [0.29, 0.717) is 0 Å². The fourth-order valence-corrected chi connectivity index (χ4v) is 2.72. The average Bonchev–Trinajstić information content (AvgIpc) is 2.27. The minimum Gasteiger partial charge on any atom is -0.399 e. The van der Waals surface area contributed by atoms with E-state index >= 15 is 0 Å². The third-order valence-corrected chi connectivity index (χ3v) is 4.14. The van der Waals surface area contributed by atoms with Crippen LogP contribution in [0.2, 0.25) is 5.02 Å². The van der Waals surface area contributed by atoms with Gasteiger partial charge in [0.25, 0.3) is 0 Å². The molecule has 2 rings (SSSR count). The Kier molecular flexibility index (Phi) is 3.65. The Bertz CT molecular complexity index is 552. The molecule has 0 saturated carbocycles. The summed E-state index contributed by atoms with van der Waals surface area (Å²) in [6, 6.07) is 12.1. The summed E-state index contributed by atoms with van der Waals surface area (Å²) >= 11 is 7.82. The van der Waals surface area contributed by atoms with Crippen LogP contribution in [-0.4, -0.2) is 0 Å². The van der Waals surface area contributed by atoms with E-state index < -0.39 is 0 Å². The number of halogens is 1. The van der Waals surface area contributed by atoms with Crippen LogP contribution < -0.4 is 5.73 Å². The van der Waals surface area contributed by atoms with Crippen molar-refractivity contribution in [3.05, 3.63) is 52.5 Å². The SMILES string of the molecule is Cc1ccc(Sc2ccc(N)cc2C)cc1Cl. The summed E-state index contributed by atoms with van der Waals surface area (Å²) in [6.45, 7) is 4.07. The van der Waals surface area contributed by atoms with E-state index in [-0.39, 0.29) is 0 Å². The molecule has 0 amide bonds. The van der Waals surface area contributed by atoms with Gasteiger partial charge in [0.2, 0.25) is 0 Å². The van der Waals surface area contributed by atoms with Gasteiger partial charge in [-0.25, -0.2) is 0 Å². The number of hydrogen-bond acceptors (Lipinski definition) is 2. The maximum Gasteiger partial charge on any atom is 0.0446 e. The lowest BCUT2D eigenvalue weighted by atomic mass is 10.2. The van der Waals surface area contributed by atoms with Crippen LogP contribution in [0, 0.1) is 13.8 Å². The molecule has 2 aromatic carbocycles. The van der Waals surface area contributed by atoms with Gasteiger partial charge in [0.15, 0.2) is 0 Å². The van der Waals surface area contributed by atoms with Gasteiger partial charge < -0.3 is 5.73 Å². The Morgan fingerprint density at radius 3 is 2.41 bits per heavy atom. The highest BCUT2D eigenvalue weighted by Crippen LogP contribution is 2.33. The summed E-state index contributed by atoms with van der Waals surface area (Å²) in [5.41, 5.74) is 8.82. The molecule has 2 N–H and O–H groups in total. The van der Waals surface area contributed by atoms with Crippen molar-refractivity contribution in [3.8, 4) is 0 Å². The molecule has 0 bridgehead atoms. The molecular weight excluding hydrogens is 250 g/mol. The lowest BCUT2D eigenvalue weighted by Crippen LogP contribution is -1.87. The molecule has 3 heteroatoms. The van der Waals surface area contributed by atoms with Crippen LogP contribution in [0.4, 0.5) is 5.69 Å².